The number of benzene rings is 1. The smallest absolute Gasteiger partial charge is 0.239 e. The predicted octanol–water partition coefficient (Wildman–Crippen LogP) is 0.877. The number of anilines is 1. The van der Waals surface area contributed by atoms with Gasteiger partial charge < -0.3 is 16.4 Å². The zero-order valence-electron chi connectivity index (χ0n) is 10.5. The topological polar surface area (TPSA) is 85.2 Å². The molecule has 1 saturated heterocycles. The minimum atomic E-state index is -0.341. The molecule has 98 valence electrons. The molecule has 2 heterocycles. The number of fused-ring (bicyclic) bond motifs is 1. The van der Waals surface area contributed by atoms with Crippen LogP contribution in [0.1, 0.15) is 12.0 Å². The van der Waals surface area contributed by atoms with Crippen molar-refractivity contribution in [1.29, 1.82) is 0 Å². The Morgan fingerprint density at radius 3 is 2.95 bits per heavy atom. The lowest BCUT2D eigenvalue weighted by Crippen LogP contribution is -2.33. The second-order valence-electron chi connectivity index (χ2n) is 4.91. The summed E-state index contributed by atoms with van der Waals surface area (Å²) < 4.78 is 0. The number of nitrogen functional groups attached to an aromatic ring is 1. The minimum absolute atomic E-state index is 0.0271. The van der Waals surface area contributed by atoms with Gasteiger partial charge in [-0.15, -0.1) is 0 Å². The van der Waals surface area contributed by atoms with E-state index in [-0.39, 0.29) is 11.9 Å². The Hall–Kier alpha value is -2.14. The number of hydrogen-bond donors (Lipinski definition) is 2. The summed E-state index contributed by atoms with van der Waals surface area (Å²) in [5.41, 5.74) is 12.6. The lowest BCUT2D eigenvalue weighted by Gasteiger charge is -2.16. The second kappa shape index (κ2) is 4.51. The molecule has 5 nitrogen and oxygen atoms in total. The molecule has 0 bridgehead atoms. The largest absolute Gasteiger partial charge is 0.383 e. The molecule has 5 heteroatoms. The molecule has 4 N–H and O–H groups in total. The van der Waals surface area contributed by atoms with Gasteiger partial charge in [0.25, 0.3) is 0 Å². The van der Waals surface area contributed by atoms with Crippen molar-refractivity contribution in [2.24, 2.45) is 5.73 Å². The maximum absolute atomic E-state index is 11.8. The van der Waals surface area contributed by atoms with Crippen molar-refractivity contribution >= 4 is 22.5 Å². The molecule has 1 aliphatic heterocycles. The van der Waals surface area contributed by atoms with Crippen molar-refractivity contribution < 1.29 is 4.79 Å². The van der Waals surface area contributed by atoms with E-state index >= 15 is 0 Å². The molecular weight excluding hydrogens is 240 g/mol. The van der Waals surface area contributed by atoms with E-state index in [4.69, 9.17) is 11.5 Å². The number of nitrogens with zero attached hydrogens (tertiary/aromatic N) is 2. The first kappa shape index (κ1) is 11.9. The predicted molar refractivity (Wildman–Crippen MR) is 74.2 cm³/mol. The van der Waals surface area contributed by atoms with Crippen LogP contribution in [0.3, 0.4) is 0 Å². The molecule has 1 atom stereocenters. The first-order valence-electron chi connectivity index (χ1n) is 6.32. The third kappa shape index (κ3) is 2.13. The van der Waals surface area contributed by atoms with Crippen molar-refractivity contribution in [3.05, 3.63) is 36.0 Å². The van der Waals surface area contributed by atoms with Crippen molar-refractivity contribution in [3.8, 4) is 0 Å². The van der Waals surface area contributed by atoms with E-state index in [0.29, 0.717) is 12.4 Å². The number of nitrogens with two attached hydrogens (primary N) is 2. The fourth-order valence-electron chi connectivity index (χ4n) is 2.48. The number of amides is 1. The Balaban J connectivity index is 1.90. The van der Waals surface area contributed by atoms with E-state index in [1.807, 2.05) is 24.3 Å². The minimum Gasteiger partial charge on any atom is -0.383 e. The van der Waals surface area contributed by atoms with E-state index in [9.17, 15) is 4.79 Å². The molecule has 1 fully saturated rings. The number of carbonyl (C=O) groups excluding carboxylic acids is 1. The molecule has 0 radical (unpaired) electrons. The van der Waals surface area contributed by atoms with E-state index in [2.05, 4.69) is 4.98 Å². The molecular formula is C14H16N4O. The Bertz CT molecular complexity index is 640. The van der Waals surface area contributed by atoms with Crippen LogP contribution in [0.4, 0.5) is 5.82 Å². The number of rotatable bonds is 2. The van der Waals surface area contributed by atoms with E-state index in [1.165, 1.54) is 0 Å². The lowest BCUT2D eigenvalue weighted by atomic mass is 10.1. The zero-order valence-corrected chi connectivity index (χ0v) is 10.5. The maximum Gasteiger partial charge on any atom is 0.239 e. The highest BCUT2D eigenvalue weighted by molar-refractivity contribution is 5.91. The van der Waals surface area contributed by atoms with Gasteiger partial charge in [0.05, 0.1) is 6.04 Å². The maximum atomic E-state index is 11.8. The van der Waals surface area contributed by atoms with Gasteiger partial charge in [0.1, 0.15) is 5.82 Å². The molecule has 1 aliphatic rings. The van der Waals surface area contributed by atoms with Gasteiger partial charge in [-0.1, -0.05) is 12.1 Å². The summed E-state index contributed by atoms with van der Waals surface area (Å²) in [7, 11) is 0. The highest BCUT2D eigenvalue weighted by atomic mass is 16.2. The van der Waals surface area contributed by atoms with Gasteiger partial charge in [-0.25, -0.2) is 4.98 Å². The summed E-state index contributed by atoms with van der Waals surface area (Å²) in [5.74, 6) is 0.544. The molecule has 0 saturated carbocycles. The highest BCUT2D eigenvalue weighted by Crippen LogP contribution is 2.22. The van der Waals surface area contributed by atoms with Crippen molar-refractivity contribution in [2.75, 3.05) is 12.3 Å². The third-order valence-electron chi connectivity index (χ3n) is 3.57. The molecule has 1 aromatic heterocycles. The molecule has 2 aromatic rings. The summed E-state index contributed by atoms with van der Waals surface area (Å²) in [5, 5.41) is 1.98. The quantitative estimate of drug-likeness (QED) is 0.835. The first-order valence-corrected chi connectivity index (χ1v) is 6.32. The van der Waals surface area contributed by atoms with Crippen molar-refractivity contribution in [3.63, 3.8) is 0 Å². The van der Waals surface area contributed by atoms with E-state index in [1.54, 1.807) is 11.1 Å². The lowest BCUT2D eigenvalue weighted by molar-refractivity contribution is -0.129. The third-order valence-corrected chi connectivity index (χ3v) is 3.57. The highest BCUT2D eigenvalue weighted by Gasteiger charge is 2.28. The van der Waals surface area contributed by atoms with Crippen LogP contribution < -0.4 is 11.5 Å². The SMILES string of the molecule is Nc1nccc2ccc(CN3CC[C@H](N)C3=O)cc12. The van der Waals surface area contributed by atoms with Gasteiger partial charge in [-0.2, -0.15) is 0 Å². The summed E-state index contributed by atoms with van der Waals surface area (Å²) in [6.07, 6.45) is 2.43. The van der Waals surface area contributed by atoms with Crippen LogP contribution in [0.15, 0.2) is 30.5 Å². The molecule has 3 rings (SSSR count). The summed E-state index contributed by atoms with van der Waals surface area (Å²) in [6, 6.07) is 7.59. The Morgan fingerprint density at radius 1 is 1.37 bits per heavy atom. The van der Waals surface area contributed by atoms with Gasteiger partial charge in [-0.05, 0) is 29.5 Å². The van der Waals surface area contributed by atoms with E-state index in [0.717, 1.165) is 29.3 Å². The standard InChI is InChI=1S/C14H16N4O/c15-12-4-6-18(14(12)19)8-9-1-2-10-3-5-17-13(16)11(10)7-9/h1-3,5,7,12H,4,6,8,15H2,(H2,16,17)/t12-/m0/s1. The van der Waals surface area contributed by atoms with Crippen LogP contribution in [-0.4, -0.2) is 28.4 Å². The average molecular weight is 256 g/mol. The number of hydrogen-bond acceptors (Lipinski definition) is 4. The molecule has 0 aliphatic carbocycles. The normalized spacial score (nSPS) is 19.3. The monoisotopic (exact) mass is 256 g/mol. The van der Waals surface area contributed by atoms with Crippen molar-refractivity contribution in [1.82, 2.24) is 9.88 Å². The van der Waals surface area contributed by atoms with Crippen LogP contribution in [0, 0.1) is 0 Å². The number of pyridine rings is 1. The number of carbonyl (C=O) groups is 1. The van der Waals surface area contributed by atoms with Crippen LogP contribution in [0.25, 0.3) is 10.8 Å². The second-order valence-corrected chi connectivity index (χ2v) is 4.91. The van der Waals surface area contributed by atoms with Gasteiger partial charge in [0.15, 0.2) is 0 Å². The fraction of sp³-hybridized carbons (Fsp3) is 0.286. The average Bonchev–Trinajstić information content (AvgIpc) is 2.72. The van der Waals surface area contributed by atoms with Gasteiger partial charge in [-0.3, -0.25) is 4.79 Å². The van der Waals surface area contributed by atoms with Gasteiger partial charge in [0.2, 0.25) is 5.91 Å². The number of likely N-dealkylation sites (tertiary alicyclic amines) is 1. The van der Waals surface area contributed by atoms with Crippen LogP contribution >= 0.6 is 0 Å². The first-order chi connectivity index (χ1) is 9.15. The van der Waals surface area contributed by atoms with Crippen LogP contribution in [-0.2, 0) is 11.3 Å². The van der Waals surface area contributed by atoms with Crippen LogP contribution in [0.2, 0.25) is 0 Å². The molecule has 0 unspecified atom stereocenters. The number of aromatic nitrogens is 1. The van der Waals surface area contributed by atoms with Crippen molar-refractivity contribution in [2.45, 2.75) is 19.0 Å². The Kier molecular flexibility index (Phi) is 2.83. The fourth-order valence-corrected chi connectivity index (χ4v) is 2.48. The van der Waals surface area contributed by atoms with Crippen LogP contribution in [0.5, 0.6) is 0 Å². The molecule has 19 heavy (non-hydrogen) atoms. The zero-order chi connectivity index (χ0) is 13.4. The molecule has 0 spiro atoms. The Morgan fingerprint density at radius 2 is 2.21 bits per heavy atom. The van der Waals surface area contributed by atoms with Gasteiger partial charge >= 0.3 is 0 Å². The van der Waals surface area contributed by atoms with Gasteiger partial charge in [0, 0.05) is 24.7 Å². The Labute approximate surface area is 111 Å². The summed E-state index contributed by atoms with van der Waals surface area (Å²) >= 11 is 0. The summed E-state index contributed by atoms with van der Waals surface area (Å²) in [6.45, 7) is 1.30. The summed E-state index contributed by atoms with van der Waals surface area (Å²) in [4.78, 5) is 17.7. The molecule has 1 aromatic carbocycles. The van der Waals surface area contributed by atoms with E-state index < -0.39 is 0 Å². The molecule has 1 amide bonds.